The van der Waals surface area contributed by atoms with Gasteiger partial charge in [-0.25, -0.2) is 8.42 Å². The average molecular weight is 445 g/mol. The lowest BCUT2D eigenvalue weighted by Crippen LogP contribution is -2.44. The molecule has 0 bridgehead atoms. The lowest BCUT2D eigenvalue weighted by Gasteiger charge is -2.29. The zero-order chi connectivity index (χ0) is 22.5. The Balaban J connectivity index is 1.71. The van der Waals surface area contributed by atoms with Crippen LogP contribution in [-0.2, 0) is 9.84 Å². The van der Waals surface area contributed by atoms with Crippen LogP contribution in [0.25, 0.3) is 10.8 Å². The van der Waals surface area contributed by atoms with Crippen molar-refractivity contribution in [3.05, 3.63) is 65.7 Å². The first-order valence-electron chi connectivity index (χ1n) is 9.13. The van der Waals surface area contributed by atoms with Crippen LogP contribution in [0, 0.1) is 0 Å². The predicted octanol–water partition coefficient (Wildman–Crippen LogP) is 3.53. The third-order valence-corrected chi connectivity index (χ3v) is 6.42. The fourth-order valence-electron chi connectivity index (χ4n) is 3.52. The molecule has 0 saturated carbocycles. The largest absolute Gasteiger partial charge is 0.377 e. The van der Waals surface area contributed by atoms with Gasteiger partial charge in [-0.2, -0.15) is 13.8 Å². The molecule has 0 aliphatic carbocycles. The Kier molecular flexibility index (Phi) is 4.89. The minimum atomic E-state index is -4.74. The molecule has 31 heavy (non-hydrogen) atoms. The molecular formula is C21H17F2N3O4S. The third kappa shape index (κ3) is 3.28. The molecule has 2 amide bonds. The SMILES string of the molecule is CN(C)c1ccc2c3c(cccc13)C(=O)N(Nc1ccc(S(=O)(=O)C(F)F)cc1)C2=O. The summed E-state index contributed by atoms with van der Waals surface area (Å²) in [5.41, 5.74) is 4.37. The van der Waals surface area contributed by atoms with Crippen LogP contribution in [0.15, 0.2) is 59.5 Å². The van der Waals surface area contributed by atoms with Crippen LogP contribution < -0.4 is 10.3 Å². The highest BCUT2D eigenvalue weighted by Gasteiger charge is 2.34. The van der Waals surface area contributed by atoms with Crippen molar-refractivity contribution in [3.8, 4) is 0 Å². The maximum Gasteiger partial charge on any atom is 0.341 e. The highest BCUT2D eigenvalue weighted by atomic mass is 32.2. The maximum absolute atomic E-state index is 13.0. The van der Waals surface area contributed by atoms with Gasteiger partial charge in [-0.05, 0) is 42.5 Å². The number of hydrazine groups is 1. The molecule has 0 unspecified atom stereocenters. The second-order valence-corrected chi connectivity index (χ2v) is 9.06. The van der Waals surface area contributed by atoms with E-state index in [0.29, 0.717) is 16.5 Å². The molecule has 3 aromatic rings. The van der Waals surface area contributed by atoms with Crippen LogP contribution in [0.3, 0.4) is 0 Å². The van der Waals surface area contributed by atoms with Crippen LogP contribution in [0.2, 0.25) is 0 Å². The molecule has 0 radical (unpaired) electrons. The van der Waals surface area contributed by atoms with Gasteiger partial charge >= 0.3 is 5.76 Å². The van der Waals surface area contributed by atoms with Crippen LogP contribution in [0.4, 0.5) is 20.2 Å². The van der Waals surface area contributed by atoms with Crippen molar-refractivity contribution in [3.63, 3.8) is 0 Å². The molecule has 0 saturated heterocycles. The number of carbonyl (C=O) groups is 2. The van der Waals surface area contributed by atoms with Gasteiger partial charge in [0.25, 0.3) is 11.8 Å². The number of hydrogen-bond acceptors (Lipinski definition) is 6. The average Bonchev–Trinajstić information content (AvgIpc) is 2.74. The Morgan fingerprint density at radius 1 is 0.903 bits per heavy atom. The van der Waals surface area contributed by atoms with Crippen molar-refractivity contribution in [2.45, 2.75) is 10.7 Å². The van der Waals surface area contributed by atoms with Crippen molar-refractivity contribution in [2.75, 3.05) is 24.4 Å². The number of alkyl halides is 2. The van der Waals surface area contributed by atoms with Gasteiger partial charge in [0.05, 0.1) is 21.7 Å². The molecule has 0 atom stereocenters. The predicted molar refractivity (Wildman–Crippen MR) is 112 cm³/mol. The maximum atomic E-state index is 13.0. The van der Waals surface area contributed by atoms with Crippen LogP contribution in [-0.4, -0.2) is 45.1 Å². The van der Waals surface area contributed by atoms with Crippen LogP contribution in [0.1, 0.15) is 20.7 Å². The molecule has 3 aromatic carbocycles. The Morgan fingerprint density at radius 3 is 2.10 bits per heavy atom. The summed E-state index contributed by atoms with van der Waals surface area (Å²) in [6.07, 6.45) is 0. The van der Waals surface area contributed by atoms with Crippen molar-refractivity contribution in [1.82, 2.24) is 5.01 Å². The van der Waals surface area contributed by atoms with Crippen molar-refractivity contribution >= 4 is 43.8 Å². The van der Waals surface area contributed by atoms with E-state index in [2.05, 4.69) is 5.43 Å². The normalized spacial score (nSPS) is 13.8. The van der Waals surface area contributed by atoms with Crippen LogP contribution >= 0.6 is 0 Å². The number of rotatable bonds is 5. The van der Waals surface area contributed by atoms with E-state index in [9.17, 15) is 26.8 Å². The molecule has 4 rings (SSSR count). The first kappa shape index (κ1) is 20.7. The van der Waals surface area contributed by atoms with E-state index in [4.69, 9.17) is 0 Å². The molecule has 1 aliphatic heterocycles. The van der Waals surface area contributed by atoms with Gasteiger partial charge in [0.15, 0.2) is 0 Å². The quantitative estimate of drug-likeness (QED) is 0.605. The Morgan fingerprint density at radius 2 is 1.52 bits per heavy atom. The van der Waals surface area contributed by atoms with Crippen molar-refractivity contribution in [1.29, 1.82) is 0 Å². The summed E-state index contributed by atoms with van der Waals surface area (Å²) < 4.78 is 48.5. The molecule has 1 heterocycles. The first-order valence-corrected chi connectivity index (χ1v) is 10.7. The van der Waals surface area contributed by atoms with Gasteiger partial charge in [-0.15, -0.1) is 0 Å². The minimum Gasteiger partial charge on any atom is -0.377 e. The second kappa shape index (κ2) is 7.31. The van der Waals surface area contributed by atoms with E-state index in [1.165, 1.54) is 12.1 Å². The summed E-state index contributed by atoms with van der Waals surface area (Å²) in [6.45, 7) is 0. The second-order valence-electron chi connectivity index (χ2n) is 7.14. The topological polar surface area (TPSA) is 86.8 Å². The fraction of sp³-hybridized carbons (Fsp3) is 0.143. The van der Waals surface area contributed by atoms with Gasteiger partial charge in [0.2, 0.25) is 9.84 Å². The van der Waals surface area contributed by atoms with E-state index in [1.54, 1.807) is 24.3 Å². The fourth-order valence-corrected chi connectivity index (χ4v) is 4.24. The van der Waals surface area contributed by atoms with E-state index in [1.807, 2.05) is 25.1 Å². The van der Waals surface area contributed by atoms with Gasteiger partial charge in [-0.1, -0.05) is 12.1 Å². The van der Waals surface area contributed by atoms with Gasteiger partial charge < -0.3 is 4.90 Å². The molecule has 1 aliphatic rings. The van der Waals surface area contributed by atoms with Gasteiger partial charge in [-0.3, -0.25) is 15.0 Å². The molecule has 10 heteroatoms. The number of carbonyl (C=O) groups excluding carboxylic acids is 2. The number of hydrogen-bond donors (Lipinski definition) is 1. The Hall–Kier alpha value is -3.53. The summed E-state index contributed by atoms with van der Waals surface area (Å²) in [5.74, 6) is -4.70. The zero-order valence-electron chi connectivity index (χ0n) is 16.5. The number of imide groups is 1. The van der Waals surface area contributed by atoms with E-state index >= 15 is 0 Å². The number of benzene rings is 3. The molecule has 0 fully saturated rings. The first-order chi connectivity index (χ1) is 14.6. The summed E-state index contributed by atoms with van der Waals surface area (Å²) in [4.78, 5) is 27.4. The van der Waals surface area contributed by atoms with E-state index in [-0.39, 0.29) is 5.69 Å². The summed E-state index contributed by atoms with van der Waals surface area (Å²) in [5, 5.41) is 2.14. The minimum absolute atomic E-state index is 0.190. The lowest BCUT2D eigenvalue weighted by atomic mass is 9.93. The Bertz CT molecular complexity index is 1300. The van der Waals surface area contributed by atoms with E-state index in [0.717, 1.165) is 28.2 Å². The van der Waals surface area contributed by atoms with Gasteiger partial charge in [0, 0.05) is 30.6 Å². The summed E-state index contributed by atoms with van der Waals surface area (Å²) in [7, 11) is -1.01. The molecule has 0 aromatic heterocycles. The number of nitrogens with one attached hydrogen (secondary N) is 1. The highest BCUT2D eigenvalue weighted by molar-refractivity contribution is 7.91. The van der Waals surface area contributed by atoms with Gasteiger partial charge in [0.1, 0.15) is 0 Å². The summed E-state index contributed by atoms with van der Waals surface area (Å²) >= 11 is 0. The standard InChI is InChI=1S/C21H17F2N3O4S/c1-25(2)17-11-10-16-18-14(17)4-3-5-15(18)19(27)26(20(16)28)24-12-6-8-13(9-7-12)31(29,30)21(22)23/h3-11,21,24H,1-2H3. The molecule has 7 nitrogen and oxygen atoms in total. The lowest BCUT2D eigenvalue weighted by molar-refractivity contribution is 0.0649. The number of anilines is 2. The number of halogens is 2. The van der Waals surface area contributed by atoms with Crippen LogP contribution in [0.5, 0.6) is 0 Å². The molecule has 0 spiro atoms. The third-order valence-electron chi connectivity index (χ3n) is 5.02. The number of nitrogens with zero attached hydrogens (tertiary/aromatic N) is 2. The Labute approximate surface area is 176 Å². The van der Waals surface area contributed by atoms with Crippen molar-refractivity contribution in [2.24, 2.45) is 0 Å². The zero-order valence-corrected chi connectivity index (χ0v) is 17.3. The molecular weight excluding hydrogens is 428 g/mol. The number of sulfone groups is 1. The molecule has 1 N–H and O–H groups in total. The highest BCUT2D eigenvalue weighted by Crippen LogP contribution is 2.35. The van der Waals surface area contributed by atoms with Crippen molar-refractivity contribution < 1.29 is 26.8 Å². The van der Waals surface area contributed by atoms with E-state index < -0.39 is 32.3 Å². The summed E-state index contributed by atoms with van der Waals surface area (Å²) in [6, 6.07) is 13.0. The molecule has 160 valence electrons. The monoisotopic (exact) mass is 445 g/mol. The number of amides is 2. The smallest absolute Gasteiger partial charge is 0.341 e.